The van der Waals surface area contributed by atoms with E-state index in [1.165, 1.54) is 5.69 Å². The number of aliphatic hydroxyl groups excluding tert-OH is 1. The number of aryl methyl sites for hydroxylation is 1. The van der Waals surface area contributed by atoms with Crippen LogP contribution in [-0.2, 0) is 7.05 Å². The Hall–Kier alpha value is -0.830. The molecule has 2 atom stereocenters. The Labute approximate surface area is 73.0 Å². The monoisotopic (exact) mass is 168 g/mol. The second-order valence-corrected chi connectivity index (χ2v) is 3.37. The molecule has 0 aliphatic heterocycles. The van der Waals surface area contributed by atoms with E-state index in [2.05, 4.69) is 12.0 Å². The number of aliphatic hydroxyl groups is 1. The quantitative estimate of drug-likeness (QED) is 0.738. The molecular formula is C9H16N2O. The van der Waals surface area contributed by atoms with E-state index in [0.717, 1.165) is 6.42 Å². The summed E-state index contributed by atoms with van der Waals surface area (Å²) in [5, 5.41) is 13.3. The van der Waals surface area contributed by atoms with Gasteiger partial charge in [-0.3, -0.25) is 4.68 Å². The molecule has 2 unspecified atom stereocenters. The van der Waals surface area contributed by atoms with Crippen LogP contribution in [0.2, 0.25) is 0 Å². The second-order valence-electron chi connectivity index (χ2n) is 3.37. The summed E-state index contributed by atoms with van der Waals surface area (Å²) in [7, 11) is 1.92. The highest BCUT2D eigenvalue weighted by molar-refractivity contribution is 5.06. The van der Waals surface area contributed by atoms with Crippen LogP contribution in [0.25, 0.3) is 0 Å². The molecule has 3 nitrogen and oxygen atoms in total. The summed E-state index contributed by atoms with van der Waals surface area (Å²) in [5.74, 6) is 0.373. The van der Waals surface area contributed by atoms with Crippen LogP contribution < -0.4 is 0 Å². The summed E-state index contributed by atoms with van der Waals surface area (Å²) in [4.78, 5) is 0. The van der Waals surface area contributed by atoms with Crippen molar-refractivity contribution >= 4 is 0 Å². The number of nitrogens with zero attached hydrogens (tertiary/aromatic N) is 2. The molecule has 0 saturated heterocycles. The van der Waals surface area contributed by atoms with Gasteiger partial charge in [0.15, 0.2) is 0 Å². The Morgan fingerprint density at radius 3 is 2.67 bits per heavy atom. The van der Waals surface area contributed by atoms with Crippen LogP contribution >= 0.6 is 0 Å². The maximum absolute atomic E-state index is 9.18. The highest BCUT2D eigenvalue weighted by atomic mass is 16.3. The van der Waals surface area contributed by atoms with Crippen molar-refractivity contribution in [3.8, 4) is 0 Å². The van der Waals surface area contributed by atoms with Gasteiger partial charge in [0.2, 0.25) is 0 Å². The average molecular weight is 168 g/mol. The molecule has 0 aromatic carbocycles. The van der Waals surface area contributed by atoms with E-state index in [1.807, 2.05) is 24.7 Å². The lowest BCUT2D eigenvalue weighted by molar-refractivity contribution is 0.175. The Bertz CT molecular complexity index is 242. The Morgan fingerprint density at radius 2 is 2.25 bits per heavy atom. The molecule has 1 aromatic heterocycles. The smallest absolute Gasteiger partial charge is 0.0518 e. The molecule has 0 amide bonds. The van der Waals surface area contributed by atoms with Crippen LogP contribution in [0.15, 0.2) is 12.3 Å². The van der Waals surface area contributed by atoms with Gasteiger partial charge in [-0.2, -0.15) is 5.10 Å². The molecule has 0 saturated carbocycles. The first kappa shape index (κ1) is 9.26. The lowest BCUT2D eigenvalue weighted by Crippen LogP contribution is -2.09. The minimum Gasteiger partial charge on any atom is -0.393 e. The predicted octanol–water partition coefficient (Wildman–Crippen LogP) is 1.29. The fourth-order valence-corrected chi connectivity index (χ4v) is 1.50. The van der Waals surface area contributed by atoms with Gasteiger partial charge < -0.3 is 5.11 Å². The first-order valence-electron chi connectivity index (χ1n) is 4.27. The summed E-state index contributed by atoms with van der Waals surface area (Å²) in [6.45, 7) is 3.91. The maximum Gasteiger partial charge on any atom is 0.0518 e. The Morgan fingerprint density at radius 1 is 1.58 bits per heavy atom. The van der Waals surface area contributed by atoms with Crippen molar-refractivity contribution in [2.24, 2.45) is 7.05 Å². The van der Waals surface area contributed by atoms with Gasteiger partial charge in [0.05, 0.1) is 6.10 Å². The van der Waals surface area contributed by atoms with Gasteiger partial charge >= 0.3 is 0 Å². The summed E-state index contributed by atoms with van der Waals surface area (Å²) >= 11 is 0. The van der Waals surface area contributed by atoms with Crippen LogP contribution in [0, 0.1) is 0 Å². The van der Waals surface area contributed by atoms with Crippen LogP contribution in [-0.4, -0.2) is 21.0 Å². The summed E-state index contributed by atoms with van der Waals surface area (Å²) in [6, 6.07) is 1.99. The molecule has 0 aliphatic rings. The van der Waals surface area contributed by atoms with E-state index in [0.29, 0.717) is 5.92 Å². The molecule has 0 radical (unpaired) electrons. The largest absolute Gasteiger partial charge is 0.393 e. The first-order chi connectivity index (χ1) is 5.61. The number of hydrogen-bond donors (Lipinski definition) is 1. The topological polar surface area (TPSA) is 38.1 Å². The van der Waals surface area contributed by atoms with E-state index < -0.39 is 0 Å². The fraction of sp³-hybridized carbons (Fsp3) is 0.667. The molecule has 1 rings (SSSR count). The molecule has 1 aromatic rings. The molecule has 0 spiro atoms. The molecule has 0 fully saturated rings. The lowest BCUT2D eigenvalue weighted by Gasteiger charge is -2.13. The Kier molecular flexibility index (Phi) is 2.87. The molecule has 68 valence electrons. The summed E-state index contributed by atoms with van der Waals surface area (Å²) < 4.78 is 1.85. The van der Waals surface area contributed by atoms with E-state index in [-0.39, 0.29) is 6.10 Å². The average Bonchev–Trinajstić information content (AvgIpc) is 2.33. The molecule has 1 N–H and O–H groups in total. The van der Waals surface area contributed by atoms with Crippen molar-refractivity contribution in [2.45, 2.75) is 32.3 Å². The highest BCUT2D eigenvalue weighted by Gasteiger charge is 2.11. The van der Waals surface area contributed by atoms with E-state index in [4.69, 9.17) is 0 Å². The normalized spacial score (nSPS) is 16.0. The third-order valence-electron chi connectivity index (χ3n) is 2.06. The molecule has 1 heterocycles. The van der Waals surface area contributed by atoms with Crippen LogP contribution in [0.3, 0.4) is 0 Å². The van der Waals surface area contributed by atoms with Crippen molar-refractivity contribution < 1.29 is 5.11 Å². The third-order valence-corrected chi connectivity index (χ3v) is 2.06. The molecule has 12 heavy (non-hydrogen) atoms. The van der Waals surface area contributed by atoms with Gasteiger partial charge in [0.1, 0.15) is 0 Å². The molecule has 0 bridgehead atoms. The van der Waals surface area contributed by atoms with E-state index in [9.17, 15) is 5.11 Å². The molecule has 3 heteroatoms. The minimum atomic E-state index is -0.241. The number of rotatable bonds is 3. The van der Waals surface area contributed by atoms with Crippen molar-refractivity contribution in [1.82, 2.24) is 9.78 Å². The summed E-state index contributed by atoms with van der Waals surface area (Å²) in [6.07, 6.45) is 2.34. The lowest BCUT2D eigenvalue weighted by atomic mass is 10.0. The van der Waals surface area contributed by atoms with E-state index >= 15 is 0 Å². The maximum atomic E-state index is 9.18. The molecular weight excluding hydrogens is 152 g/mol. The van der Waals surface area contributed by atoms with Gasteiger partial charge in [-0.25, -0.2) is 0 Å². The fourth-order valence-electron chi connectivity index (χ4n) is 1.50. The van der Waals surface area contributed by atoms with Crippen molar-refractivity contribution in [1.29, 1.82) is 0 Å². The summed E-state index contributed by atoms with van der Waals surface area (Å²) in [5.41, 5.74) is 1.18. The van der Waals surface area contributed by atoms with Gasteiger partial charge in [-0.15, -0.1) is 0 Å². The molecule has 0 aliphatic carbocycles. The second kappa shape index (κ2) is 3.72. The predicted molar refractivity (Wildman–Crippen MR) is 47.9 cm³/mol. The van der Waals surface area contributed by atoms with Crippen LogP contribution in [0.5, 0.6) is 0 Å². The standard InChI is InChI=1S/C9H16N2O/c1-7(6-8(2)12)9-4-5-10-11(9)3/h4-5,7-8,12H,6H2,1-3H3. The zero-order chi connectivity index (χ0) is 9.14. The van der Waals surface area contributed by atoms with Crippen LogP contribution in [0.1, 0.15) is 31.9 Å². The van der Waals surface area contributed by atoms with Crippen molar-refractivity contribution in [2.75, 3.05) is 0 Å². The van der Waals surface area contributed by atoms with E-state index in [1.54, 1.807) is 6.20 Å². The first-order valence-corrected chi connectivity index (χ1v) is 4.27. The zero-order valence-electron chi connectivity index (χ0n) is 7.86. The zero-order valence-corrected chi connectivity index (χ0v) is 7.86. The SMILES string of the molecule is CC(O)CC(C)c1ccnn1C. The van der Waals surface area contributed by atoms with Gasteiger partial charge in [0, 0.05) is 24.9 Å². The van der Waals surface area contributed by atoms with Crippen LogP contribution in [0.4, 0.5) is 0 Å². The van der Waals surface area contributed by atoms with Gasteiger partial charge in [-0.1, -0.05) is 6.92 Å². The Balaban J connectivity index is 2.65. The van der Waals surface area contributed by atoms with Gasteiger partial charge in [0.25, 0.3) is 0 Å². The minimum absolute atomic E-state index is 0.241. The van der Waals surface area contributed by atoms with Gasteiger partial charge in [-0.05, 0) is 19.4 Å². The highest BCUT2D eigenvalue weighted by Crippen LogP contribution is 2.19. The third kappa shape index (κ3) is 2.08. The van der Waals surface area contributed by atoms with Crippen molar-refractivity contribution in [3.05, 3.63) is 18.0 Å². The van der Waals surface area contributed by atoms with Crippen molar-refractivity contribution in [3.63, 3.8) is 0 Å². The number of aromatic nitrogens is 2. The number of hydrogen-bond acceptors (Lipinski definition) is 2.